The Hall–Kier alpha value is -4.53. The van der Waals surface area contributed by atoms with Crippen LogP contribution in [-0.2, 0) is 32.7 Å². The molecule has 0 spiro atoms. The van der Waals surface area contributed by atoms with Crippen LogP contribution in [0.3, 0.4) is 0 Å². The van der Waals surface area contributed by atoms with Crippen LogP contribution in [0.15, 0.2) is 42.6 Å². The average Bonchev–Trinajstić information content (AvgIpc) is 3.26. The highest BCUT2D eigenvalue weighted by molar-refractivity contribution is 6.06. The van der Waals surface area contributed by atoms with E-state index >= 15 is 0 Å². The van der Waals surface area contributed by atoms with E-state index in [1.807, 2.05) is 32.2 Å². The number of carboxylic acid groups (broad SMARTS) is 1. The van der Waals surface area contributed by atoms with Gasteiger partial charge < -0.3 is 15.7 Å². The summed E-state index contributed by atoms with van der Waals surface area (Å²) in [6, 6.07) is 11.0. The zero-order valence-electron chi connectivity index (χ0n) is 21.9. The number of anilines is 3. The van der Waals surface area contributed by atoms with E-state index in [0.29, 0.717) is 24.5 Å². The number of aromatic nitrogens is 4. The molecular weight excluding hydrogens is 480 g/mol. The van der Waals surface area contributed by atoms with Crippen LogP contribution in [0.1, 0.15) is 62.5 Å². The lowest BCUT2D eigenvalue weighted by Gasteiger charge is -2.18. The summed E-state index contributed by atoms with van der Waals surface area (Å²) in [6.45, 7) is 5.99. The maximum absolute atomic E-state index is 13.5. The number of hydrogen-bond acceptors (Lipinski definition) is 6. The third-order valence-electron chi connectivity index (χ3n) is 7.05. The van der Waals surface area contributed by atoms with Gasteiger partial charge in [0.1, 0.15) is 0 Å². The molecule has 4 aromatic rings. The molecule has 2 heterocycles. The van der Waals surface area contributed by atoms with Crippen LogP contribution in [0.25, 0.3) is 11.4 Å². The Balaban J connectivity index is 1.47. The van der Waals surface area contributed by atoms with Gasteiger partial charge in [-0.15, -0.1) is 0 Å². The number of benzene rings is 2. The van der Waals surface area contributed by atoms with Crippen molar-refractivity contribution < 1.29 is 14.7 Å². The summed E-state index contributed by atoms with van der Waals surface area (Å²) in [5.74, 6) is -0.806. The number of carboxylic acids is 1. The largest absolute Gasteiger partial charge is 0.478 e. The summed E-state index contributed by atoms with van der Waals surface area (Å²) < 4.78 is 1.72. The zero-order valence-corrected chi connectivity index (χ0v) is 21.9. The molecule has 0 fully saturated rings. The van der Waals surface area contributed by atoms with E-state index in [1.165, 1.54) is 0 Å². The van der Waals surface area contributed by atoms with E-state index in [0.717, 1.165) is 63.4 Å². The summed E-state index contributed by atoms with van der Waals surface area (Å²) in [5.41, 5.74) is 8.59. The lowest BCUT2D eigenvalue weighted by Crippen LogP contribution is -2.18. The highest BCUT2D eigenvalue weighted by Gasteiger charge is 2.29. The van der Waals surface area contributed by atoms with E-state index in [-0.39, 0.29) is 11.5 Å². The Labute approximate surface area is 221 Å². The molecule has 194 valence electrons. The predicted octanol–water partition coefficient (Wildman–Crippen LogP) is 5.10. The monoisotopic (exact) mass is 510 g/mol. The van der Waals surface area contributed by atoms with E-state index in [9.17, 15) is 14.7 Å². The second kappa shape index (κ2) is 10.1. The molecule has 3 N–H and O–H groups in total. The first-order valence-corrected chi connectivity index (χ1v) is 12.8. The first-order chi connectivity index (χ1) is 18.3. The molecule has 1 aliphatic rings. The molecule has 2 aromatic carbocycles. The van der Waals surface area contributed by atoms with Crippen LogP contribution in [0.2, 0.25) is 0 Å². The highest BCUT2D eigenvalue weighted by Crippen LogP contribution is 2.35. The smallest absolute Gasteiger partial charge is 0.335 e. The SMILES string of the molecule is CCc1cccc(CC)c1NC(=O)c1nn(C)c2c1CCc1cnc(Nc3ccc(C(=O)O)cc3C)nc1-2. The first kappa shape index (κ1) is 25.1. The molecule has 0 unspecified atom stereocenters. The first-order valence-electron chi connectivity index (χ1n) is 12.8. The maximum Gasteiger partial charge on any atom is 0.335 e. The molecule has 0 saturated carbocycles. The molecule has 5 rings (SSSR count). The highest BCUT2D eigenvalue weighted by atomic mass is 16.4. The lowest BCUT2D eigenvalue weighted by atomic mass is 9.93. The number of nitrogens with zero attached hydrogens (tertiary/aromatic N) is 4. The van der Waals surface area contributed by atoms with Crippen molar-refractivity contribution in [3.63, 3.8) is 0 Å². The zero-order chi connectivity index (χ0) is 27.0. The van der Waals surface area contributed by atoms with E-state index in [1.54, 1.807) is 29.1 Å². The number of aryl methyl sites for hydroxylation is 5. The molecule has 0 aliphatic heterocycles. The average molecular weight is 511 g/mol. The van der Waals surface area contributed by atoms with Gasteiger partial charge in [0.2, 0.25) is 5.95 Å². The van der Waals surface area contributed by atoms with Gasteiger partial charge in [-0.25, -0.2) is 14.8 Å². The molecule has 9 nitrogen and oxygen atoms in total. The van der Waals surface area contributed by atoms with Crippen LogP contribution < -0.4 is 10.6 Å². The van der Waals surface area contributed by atoms with Crippen LogP contribution in [0.5, 0.6) is 0 Å². The molecular formula is C29H30N6O3. The number of amides is 1. The van der Waals surface area contributed by atoms with Gasteiger partial charge in [-0.1, -0.05) is 32.0 Å². The van der Waals surface area contributed by atoms with Gasteiger partial charge in [0.15, 0.2) is 5.69 Å². The molecule has 0 radical (unpaired) electrons. The van der Waals surface area contributed by atoms with Crippen molar-refractivity contribution in [3.8, 4) is 11.4 Å². The molecule has 0 atom stereocenters. The third kappa shape index (κ3) is 4.51. The molecule has 38 heavy (non-hydrogen) atoms. The summed E-state index contributed by atoms with van der Waals surface area (Å²) >= 11 is 0. The van der Waals surface area contributed by atoms with Crippen molar-refractivity contribution in [3.05, 3.63) is 81.7 Å². The number of aromatic carboxylic acids is 1. The lowest BCUT2D eigenvalue weighted by molar-refractivity contribution is 0.0696. The summed E-state index contributed by atoms with van der Waals surface area (Å²) in [7, 11) is 1.83. The molecule has 0 bridgehead atoms. The van der Waals surface area contributed by atoms with Gasteiger partial charge in [0.25, 0.3) is 5.91 Å². The fourth-order valence-corrected chi connectivity index (χ4v) is 5.03. The fourth-order valence-electron chi connectivity index (χ4n) is 5.03. The number of hydrogen-bond donors (Lipinski definition) is 3. The predicted molar refractivity (Wildman–Crippen MR) is 146 cm³/mol. The molecule has 9 heteroatoms. The summed E-state index contributed by atoms with van der Waals surface area (Å²) in [4.78, 5) is 34.0. The van der Waals surface area contributed by atoms with Crippen LogP contribution in [0.4, 0.5) is 17.3 Å². The van der Waals surface area contributed by atoms with Gasteiger partial charge in [0.05, 0.1) is 17.0 Å². The van der Waals surface area contributed by atoms with Gasteiger partial charge in [-0.05, 0) is 73.1 Å². The van der Waals surface area contributed by atoms with Crippen molar-refractivity contribution >= 4 is 29.2 Å². The standard InChI is InChI=1S/C29H30N6O3/c1-5-17-8-7-9-18(6-2)23(17)32-27(36)25-21-12-10-20-15-30-29(33-24(20)26(21)35(4)34-25)31-22-13-11-19(28(37)38)14-16(22)3/h7-9,11,13-15H,5-6,10,12H2,1-4H3,(H,32,36)(H,37,38)(H,30,31,33). The number of para-hydroxylation sites is 1. The van der Waals surface area contributed by atoms with Crippen molar-refractivity contribution in [1.82, 2.24) is 19.7 Å². The van der Waals surface area contributed by atoms with Crippen LogP contribution >= 0.6 is 0 Å². The molecule has 2 aromatic heterocycles. The Kier molecular flexibility index (Phi) is 6.67. The topological polar surface area (TPSA) is 122 Å². The van der Waals surface area contributed by atoms with Crippen molar-refractivity contribution in [2.75, 3.05) is 10.6 Å². The minimum atomic E-state index is -0.975. The number of carbonyl (C=O) groups excluding carboxylic acids is 1. The molecule has 1 amide bonds. The van der Waals surface area contributed by atoms with Gasteiger partial charge in [-0.3, -0.25) is 9.48 Å². The van der Waals surface area contributed by atoms with Crippen molar-refractivity contribution in [2.24, 2.45) is 7.05 Å². The number of rotatable bonds is 7. The van der Waals surface area contributed by atoms with Gasteiger partial charge in [-0.2, -0.15) is 5.10 Å². The number of carbonyl (C=O) groups is 2. The maximum atomic E-state index is 13.5. The second-order valence-electron chi connectivity index (χ2n) is 9.44. The van der Waals surface area contributed by atoms with E-state index in [4.69, 9.17) is 4.98 Å². The quantitative estimate of drug-likeness (QED) is 0.316. The van der Waals surface area contributed by atoms with E-state index < -0.39 is 5.97 Å². The second-order valence-corrected chi connectivity index (χ2v) is 9.44. The number of fused-ring (bicyclic) bond motifs is 3. The van der Waals surface area contributed by atoms with Crippen LogP contribution in [-0.4, -0.2) is 36.7 Å². The fraction of sp³-hybridized carbons (Fsp3) is 0.276. The Morgan fingerprint density at radius 3 is 2.47 bits per heavy atom. The molecule has 0 saturated heterocycles. The minimum absolute atomic E-state index is 0.220. The Morgan fingerprint density at radius 1 is 1.08 bits per heavy atom. The molecule has 1 aliphatic carbocycles. The van der Waals surface area contributed by atoms with Gasteiger partial charge >= 0.3 is 5.97 Å². The minimum Gasteiger partial charge on any atom is -0.478 e. The van der Waals surface area contributed by atoms with Crippen molar-refractivity contribution in [1.29, 1.82) is 0 Å². The Bertz CT molecular complexity index is 1550. The summed E-state index contributed by atoms with van der Waals surface area (Å²) in [6.07, 6.45) is 4.81. The normalized spacial score (nSPS) is 12.0. The van der Waals surface area contributed by atoms with Crippen LogP contribution in [0, 0.1) is 6.92 Å². The summed E-state index contributed by atoms with van der Waals surface area (Å²) in [5, 5.41) is 20.2. The van der Waals surface area contributed by atoms with E-state index in [2.05, 4.69) is 34.6 Å². The third-order valence-corrected chi connectivity index (χ3v) is 7.05. The van der Waals surface area contributed by atoms with Gasteiger partial charge in [0, 0.05) is 30.2 Å². The Morgan fingerprint density at radius 2 is 1.82 bits per heavy atom. The number of nitrogens with one attached hydrogen (secondary N) is 2. The van der Waals surface area contributed by atoms with Crippen molar-refractivity contribution in [2.45, 2.75) is 46.5 Å².